The Morgan fingerprint density at radius 2 is 1.32 bits per heavy atom. The predicted molar refractivity (Wildman–Crippen MR) is 251 cm³/mol. The topological polar surface area (TPSA) is 209 Å². The van der Waals surface area contributed by atoms with Crippen molar-refractivity contribution in [1.82, 2.24) is 30.4 Å². The number of thiazole rings is 1. The highest BCUT2D eigenvalue weighted by molar-refractivity contribution is 7.16. The molecule has 1 atom stereocenters. The van der Waals surface area contributed by atoms with Gasteiger partial charge in [-0.1, -0.05) is 35.9 Å². The van der Waals surface area contributed by atoms with Gasteiger partial charge in [0.25, 0.3) is 5.91 Å². The fourth-order valence-electron chi connectivity index (χ4n) is 6.66. The number of thiophene rings is 1. The van der Waals surface area contributed by atoms with E-state index in [4.69, 9.17) is 35.5 Å². The highest BCUT2D eigenvalue weighted by atomic mass is 35.5. The Morgan fingerprint density at radius 3 is 1.97 bits per heavy atom. The van der Waals surface area contributed by atoms with E-state index < -0.39 is 6.04 Å². The summed E-state index contributed by atoms with van der Waals surface area (Å²) in [6.45, 7) is 12.8. The number of ether oxygens (including phenoxy) is 4. The second kappa shape index (κ2) is 24.2. The number of amides is 4. The van der Waals surface area contributed by atoms with E-state index in [1.54, 1.807) is 35.6 Å². The molecule has 0 radical (unpaired) electrons. The van der Waals surface area contributed by atoms with Gasteiger partial charge < -0.3 is 34.9 Å². The number of carbonyl (C=O) groups excluding carboxylic acids is 4. The molecule has 0 aliphatic carbocycles. The molecule has 0 saturated heterocycles. The molecule has 17 nitrogen and oxygen atoms in total. The number of halogens is 1. The first-order chi connectivity index (χ1) is 31.4. The molecule has 3 aromatic heterocycles. The quantitative estimate of drug-likeness (QED) is 0.0510. The van der Waals surface area contributed by atoms with Gasteiger partial charge in [-0.25, -0.2) is 4.98 Å². The molecule has 1 aliphatic rings. The van der Waals surface area contributed by atoms with Crippen LogP contribution in [0.4, 0.5) is 10.8 Å². The average molecular weight is 949 g/mol. The van der Waals surface area contributed by atoms with Crippen LogP contribution in [0.2, 0.25) is 5.02 Å². The van der Waals surface area contributed by atoms with Crippen LogP contribution in [0.25, 0.3) is 5.00 Å². The summed E-state index contributed by atoms with van der Waals surface area (Å²) in [5.41, 5.74) is 5.37. The van der Waals surface area contributed by atoms with Crippen molar-refractivity contribution >= 4 is 74.4 Å². The normalized spacial score (nSPS) is 13.1. The van der Waals surface area contributed by atoms with E-state index in [0.29, 0.717) is 72.7 Å². The number of rotatable bonds is 24. The highest BCUT2D eigenvalue weighted by Gasteiger charge is 2.32. The monoisotopic (exact) mass is 947 g/mol. The second-order valence-corrected chi connectivity index (χ2v) is 17.8. The predicted octanol–water partition coefficient (Wildman–Crippen LogP) is 6.23. The molecule has 4 amide bonds. The maximum absolute atomic E-state index is 13.2. The molecular formula is C45H54ClN9O8S2. The van der Waals surface area contributed by atoms with E-state index >= 15 is 0 Å². The molecule has 0 fully saturated rings. The number of aliphatic imine (C=N–C) groups is 1. The number of anilines is 2. The van der Waals surface area contributed by atoms with Crippen LogP contribution in [-0.4, -0.2) is 115 Å². The van der Waals surface area contributed by atoms with Gasteiger partial charge in [-0.05, 0) is 64.4 Å². The second-order valence-electron chi connectivity index (χ2n) is 15.0. The summed E-state index contributed by atoms with van der Waals surface area (Å²) in [6, 6.07) is 13.7. The number of aryl methyl sites for hydroxylation is 4. The smallest absolute Gasteiger partial charge is 0.259 e. The molecule has 5 aromatic rings. The first kappa shape index (κ1) is 49.0. The summed E-state index contributed by atoms with van der Waals surface area (Å²) in [7, 11) is 0. The third-order valence-corrected chi connectivity index (χ3v) is 12.7. The Kier molecular flexibility index (Phi) is 18.3. The van der Waals surface area contributed by atoms with Crippen molar-refractivity contribution in [2.45, 2.75) is 59.9 Å². The van der Waals surface area contributed by atoms with Crippen LogP contribution >= 0.6 is 34.3 Å². The summed E-state index contributed by atoms with van der Waals surface area (Å²) < 4.78 is 24.1. The third kappa shape index (κ3) is 13.8. The average Bonchev–Trinajstić information content (AvgIpc) is 3.89. The zero-order chi connectivity index (χ0) is 46.3. The first-order valence-corrected chi connectivity index (χ1v) is 23.3. The van der Waals surface area contributed by atoms with E-state index in [2.05, 4.69) is 50.3 Å². The maximum Gasteiger partial charge on any atom is 0.259 e. The molecule has 6 rings (SSSR count). The molecule has 0 bridgehead atoms. The zero-order valence-corrected chi connectivity index (χ0v) is 39.5. The lowest BCUT2D eigenvalue weighted by Gasteiger charge is -2.13. The molecular weight excluding hydrogens is 894 g/mol. The Morgan fingerprint density at radius 1 is 0.708 bits per heavy atom. The van der Waals surface area contributed by atoms with Gasteiger partial charge >= 0.3 is 0 Å². The van der Waals surface area contributed by atoms with Crippen molar-refractivity contribution in [3.05, 3.63) is 103 Å². The first-order valence-electron chi connectivity index (χ1n) is 21.2. The number of hydrogen-bond donors (Lipinski definition) is 4. The maximum atomic E-state index is 13.2. The SMILES string of the molecule is Cc1nc(NC(=O)c2ccccc2NC(=O)CCOCCOCCOCCOCCC(=O)NCCNC(=O)CC2N=C(c3ccc(Cl)cc3)c3c(sc(C)c3C)-n3c(C)nnc32)sc1C. The fourth-order valence-corrected chi connectivity index (χ4v) is 8.81. The van der Waals surface area contributed by atoms with Crippen LogP contribution in [0.3, 0.4) is 0 Å². The molecule has 4 N–H and O–H groups in total. The van der Waals surface area contributed by atoms with E-state index in [0.717, 1.165) is 42.9 Å². The van der Waals surface area contributed by atoms with Gasteiger partial charge in [-0.15, -0.1) is 32.9 Å². The minimum absolute atomic E-state index is 0.0469. The zero-order valence-electron chi connectivity index (χ0n) is 37.1. The van der Waals surface area contributed by atoms with Gasteiger partial charge in [0.05, 0.1) is 88.4 Å². The van der Waals surface area contributed by atoms with Crippen LogP contribution in [0, 0.1) is 34.6 Å². The number of fused-ring (bicyclic) bond motifs is 3. The summed E-state index contributed by atoms with van der Waals surface area (Å²) in [4.78, 5) is 62.6. The lowest BCUT2D eigenvalue weighted by molar-refractivity contribution is -0.123. The molecule has 20 heteroatoms. The molecule has 1 unspecified atom stereocenters. The van der Waals surface area contributed by atoms with Crippen molar-refractivity contribution in [3.63, 3.8) is 0 Å². The summed E-state index contributed by atoms with van der Waals surface area (Å²) in [5.74, 6) is 0.252. The Labute approximate surface area is 390 Å². The minimum atomic E-state index is -0.590. The molecule has 0 saturated carbocycles. The number of nitrogens with zero attached hydrogens (tertiary/aromatic N) is 5. The van der Waals surface area contributed by atoms with Crippen molar-refractivity contribution in [3.8, 4) is 5.00 Å². The molecule has 2 aromatic carbocycles. The minimum Gasteiger partial charge on any atom is -0.379 e. The lowest BCUT2D eigenvalue weighted by Crippen LogP contribution is -2.35. The van der Waals surface area contributed by atoms with Gasteiger partial charge in [0.1, 0.15) is 16.9 Å². The molecule has 4 heterocycles. The Hall–Kier alpha value is -5.41. The summed E-state index contributed by atoms with van der Waals surface area (Å²) in [6.07, 6.45) is 0.322. The van der Waals surface area contributed by atoms with Crippen molar-refractivity contribution in [2.75, 3.05) is 76.6 Å². The van der Waals surface area contributed by atoms with Gasteiger partial charge in [-0.2, -0.15) is 0 Å². The van der Waals surface area contributed by atoms with E-state index in [1.165, 1.54) is 11.3 Å². The van der Waals surface area contributed by atoms with Crippen molar-refractivity contribution < 1.29 is 38.1 Å². The highest BCUT2D eigenvalue weighted by Crippen LogP contribution is 2.39. The Bertz CT molecular complexity index is 2450. The van der Waals surface area contributed by atoms with Gasteiger partial charge in [0.2, 0.25) is 17.7 Å². The number of para-hydroxylation sites is 1. The summed E-state index contributed by atoms with van der Waals surface area (Å²) >= 11 is 9.25. The van der Waals surface area contributed by atoms with Gasteiger partial charge in [-0.3, -0.25) is 34.1 Å². The van der Waals surface area contributed by atoms with Crippen LogP contribution in [0.5, 0.6) is 0 Å². The summed E-state index contributed by atoms with van der Waals surface area (Å²) in [5, 5.41) is 22.2. The van der Waals surface area contributed by atoms with Crippen LogP contribution in [0.1, 0.15) is 79.4 Å². The number of nitrogens with one attached hydrogen (secondary N) is 4. The van der Waals surface area contributed by atoms with Gasteiger partial charge in [0, 0.05) is 45.4 Å². The largest absolute Gasteiger partial charge is 0.379 e. The van der Waals surface area contributed by atoms with E-state index in [1.807, 2.05) is 49.6 Å². The third-order valence-electron chi connectivity index (χ3n) is 10.3. The van der Waals surface area contributed by atoms with Crippen molar-refractivity contribution in [1.29, 1.82) is 0 Å². The fraction of sp³-hybridized carbons (Fsp3) is 0.422. The van der Waals surface area contributed by atoms with Crippen LogP contribution in [0.15, 0.2) is 53.5 Å². The van der Waals surface area contributed by atoms with Crippen LogP contribution < -0.4 is 21.3 Å². The number of benzene rings is 2. The van der Waals surface area contributed by atoms with Gasteiger partial charge in [0.15, 0.2) is 11.0 Å². The number of hydrogen-bond acceptors (Lipinski definition) is 14. The lowest BCUT2D eigenvalue weighted by atomic mass is 9.99. The Balaban J connectivity index is 0.779. The van der Waals surface area contributed by atoms with E-state index in [9.17, 15) is 19.2 Å². The molecule has 0 spiro atoms. The number of carbonyl (C=O) groups is 4. The number of aromatic nitrogens is 4. The molecule has 346 valence electrons. The van der Waals surface area contributed by atoms with Crippen molar-refractivity contribution in [2.24, 2.45) is 4.99 Å². The van der Waals surface area contributed by atoms with E-state index in [-0.39, 0.29) is 69.2 Å². The van der Waals surface area contributed by atoms with Crippen LogP contribution in [-0.2, 0) is 33.3 Å². The molecule has 65 heavy (non-hydrogen) atoms. The standard InChI is InChI=1S/C45H54ClN9O8S2/c1-27-29(3)64-44-40(27)41(32-10-12-33(46)13-11-32)51-36(42-54-53-31(5)55(42)44)26-39(58)48-17-16-47-37(56)14-18-60-20-22-62-24-25-63-23-21-61-19-15-38(57)50-35-9-7-6-8-34(35)43(59)52-45-49-28(2)30(4)65-45/h6-13,36H,14-26H2,1-5H3,(H,47,56)(H,48,58)(H,50,57)(H,49,52,59). The molecule has 1 aliphatic heterocycles.